The van der Waals surface area contributed by atoms with E-state index in [1.165, 1.54) is 6.07 Å². The Morgan fingerprint density at radius 1 is 1.50 bits per heavy atom. The number of hydrogen-bond donors (Lipinski definition) is 2. The van der Waals surface area contributed by atoms with Gasteiger partial charge in [-0.3, -0.25) is 0 Å². The molecule has 0 aliphatic heterocycles. The highest BCUT2D eigenvalue weighted by Crippen LogP contribution is 2.32. The molecule has 0 bridgehead atoms. The fraction of sp³-hybridized carbons (Fsp3) is 0.400. The third-order valence-corrected chi connectivity index (χ3v) is 2.75. The van der Waals surface area contributed by atoms with Gasteiger partial charge in [-0.05, 0) is 31.0 Å². The van der Waals surface area contributed by atoms with Gasteiger partial charge in [-0.1, -0.05) is 11.6 Å². The summed E-state index contributed by atoms with van der Waals surface area (Å²) in [7, 11) is 0. The van der Waals surface area contributed by atoms with Crippen LogP contribution in [0.3, 0.4) is 0 Å². The van der Waals surface area contributed by atoms with Crippen molar-refractivity contribution >= 4 is 17.3 Å². The van der Waals surface area contributed by atoms with Gasteiger partial charge in [0.2, 0.25) is 0 Å². The van der Waals surface area contributed by atoms with Gasteiger partial charge in [0.25, 0.3) is 0 Å². The lowest BCUT2D eigenvalue weighted by molar-refractivity contribution is 0.628. The maximum Gasteiger partial charge on any atom is 0.141 e. The van der Waals surface area contributed by atoms with E-state index in [-0.39, 0.29) is 10.6 Å². The first-order valence-electron chi connectivity index (χ1n) is 4.57. The van der Waals surface area contributed by atoms with Crippen LogP contribution in [0.25, 0.3) is 0 Å². The first-order chi connectivity index (χ1) is 6.59. The Morgan fingerprint density at radius 2 is 2.21 bits per heavy atom. The van der Waals surface area contributed by atoms with Gasteiger partial charge >= 0.3 is 0 Å². The van der Waals surface area contributed by atoms with Crippen LogP contribution in [0, 0.1) is 5.82 Å². The molecular formula is C10H12ClFN2. The molecule has 1 aromatic rings. The van der Waals surface area contributed by atoms with E-state index in [0.29, 0.717) is 0 Å². The summed E-state index contributed by atoms with van der Waals surface area (Å²) in [5, 5.41) is 3.28. The first-order valence-corrected chi connectivity index (χ1v) is 4.95. The van der Waals surface area contributed by atoms with E-state index < -0.39 is 5.82 Å². The van der Waals surface area contributed by atoms with E-state index >= 15 is 0 Å². The van der Waals surface area contributed by atoms with Crippen LogP contribution in [0.4, 0.5) is 10.1 Å². The first kappa shape index (κ1) is 9.74. The van der Waals surface area contributed by atoms with Crippen LogP contribution in [0.15, 0.2) is 18.2 Å². The molecule has 3 N–H and O–H groups in total. The van der Waals surface area contributed by atoms with E-state index in [0.717, 1.165) is 25.1 Å². The number of hydrogen-bond acceptors (Lipinski definition) is 2. The highest BCUT2D eigenvalue weighted by molar-refractivity contribution is 6.31. The van der Waals surface area contributed by atoms with Crippen molar-refractivity contribution in [2.75, 3.05) is 11.9 Å². The average Bonchev–Trinajstić information content (AvgIpc) is 2.87. The Bertz CT molecular complexity index is 350. The minimum absolute atomic E-state index is 0.0547. The van der Waals surface area contributed by atoms with Crippen molar-refractivity contribution in [3.8, 4) is 0 Å². The van der Waals surface area contributed by atoms with Crippen molar-refractivity contribution < 1.29 is 4.39 Å². The standard InChI is InChI=1S/C10H12ClFN2/c11-8-5-7(1-2-9(8)12)14-6-10(13)3-4-10/h1-2,5,14H,3-4,6,13H2. The second kappa shape index (κ2) is 3.41. The minimum Gasteiger partial charge on any atom is -0.383 e. The predicted molar refractivity (Wildman–Crippen MR) is 56.1 cm³/mol. The molecule has 76 valence electrons. The van der Waals surface area contributed by atoms with E-state index in [1.54, 1.807) is 12.1 Å². The fourth-order valence-electron chi connectivity index (χ4n) is 1.22. The van der Waals surface area contributed by atoms with Crippen LogP contribution in [0.1, 0.15) is 12.8 Å². The summed E-state index contributed by atoms with van der Waals surface area (Å²) in [6.45, 7) is 0.717. The monoisotopic (exact) mass is 214 g/mol. The Kier molecular flexibility index (Phi) is 2.37. The summed E-state index contributed by atoms with van der Waals surface area (Å²) in [5.74, 6) is -0.397. The summed E-state index contributed by atoms with van der Waals surface area (Å²) in [4.78, 5) is 0. The molecule has 14 heavy (non-hydrogen) atoms. The topological polar surface area (TPSA) is 38.0 Å². The van der Waals surface area contributed by atoms with Gasteiger partial charge in [-0.2, -0.15) is 0 Å². The summed E-state index contributed by atoms with van der Waals surface area (Å²) in [6.07, 6.45) is 2.10. The lowest BCUT2D eigenvalue weighted by Crippen LogP contribution is -2.31. The van der Waals surface area contributed by atoms with E-state index in [1.807, 2.05) is 0 Å². The average molecular weight is 215 g/mol. The molecule has 0 heterocycles. The molecule has 0 spiro atoms. The van der Waals surface area contributed by atoms with Gasteiger partial charge in [0.15, 0.2) is 0 Å². The number of rotatable bonds is 3. The highest BCUT2D eigenvalue weighted by atomic mass is 35.5. The summed E-state index contributed by atoms with van der Waals surface area (Å²) >= 11 is 5.63. The van der Waals surface area contributed by atoms with Crippen LogP contribution in [-0.2, 0) is 0 Å². The SMILES string of the molecule is NC1(CNc2ccc(F)c(Cl)c2)CC1. The molecule has 0 unspecified atom stereocenters. The molecule has 1 fully saturated rings. The molecule has 1 aliphatic rings. The van der Waals surface area contributed by atoms with Crippen molar-refractivity contribution in [2.24, 2.45) is 5.73 Å². The molecule has 2 rings (SSSR count). The van der Waals surface area contributed by atoms with Crippen LogP contribution in [0.5, 0.6) is 0 Å². The molecule has 0 saturated heterocycles. The van der Waals surface area contributed by atoms with Crippen molar-refractivity contribution in [1.82, 2.24) is 0 Å². The number of anilines is 1. The molecule has 0 radical (unpaired) electrons. The zero-order valence-corrected chi connectivity index (χ0v) is 8.44. The number of nitrogens with one attached hydrogen (secondary N) is 1. The molecule has 2 nitrogen and oxygen atoms in total. The van der Waals surface area contributed by atoms with Crippen LogP contribution in [0.2, 0.25) is 5.02 Å². The van der Waals surface area contributed by atoms with Crippen molar-refractivity contribution in [1.29, 1.82) is 0 Å². The molecular weight excluding hydrogens is 203 g/mol. The van der Waals surface area contributed by atoms with E-state index in [2.05, 4.69) is 5.32 Å². The Morgan fingerprint density at radius 3 is 2.79 bits per heavy atom. The highest BCUT2D eigenvalue weighted by Gasteiger charge is 2.37. The summed E-state index contributed by atoms with van der Waals surface area (Å²) in [5.41, 5.74) is 6.65. The normalized spacial score (nSPS) is 17.9. The smallest absolute Gasteiger partial charge is 0.141 e. The minimum atomic E-state index is -0.397. The van der Waals surface area contributed by atoms with Gasteiger partial charge in [-0.15, -0.1) is 0 Å². The maximum absolute atomic E-state index is 12.8. The summed E-state index contributed by atoms with van der Waals surface area (Å²) < 4.78 is 12.8. The van der Waals surface area contributed by atoms with E-state index in [9.17, 15) is 4.39 Å². The number of nitrogens with two attached hydrogens (primary N) is 1. The predicted octanol–water partition coefficient (Wildman–Crippen LogP) is 2.38. The lowest BCUT2D eigenvalue weighted by Gasteiger charge is -2.11. The van der Waals surface area contributed by atoms with Crippen molar-refractivity contribution in [3.05, 3.63) is 29.0 Å². The molecule has 0 amide bonds. The quantitative estimate of drug-likeness (QED) is 0.811. The maximum atomic E-state index is 12.8. The molecule has 1 aliphatic carbocycles. The van der Waals surface area contributed by atoms with Crippen molar-refractivity contribution in [2.45, 2.75) is 18.4 Å². The molecule has 1 saturated carbocycles. The Hall–Kier alpha value is -0.800. The fourth-order valence-corrected chi connectivity index (χ4v) is 1.40. The molecule has 1 aromatic carbocycles. The molecule has 0 atom stereocenters. The van der Waals surface area contributed by atoms with Crippen LogP contribution < -0.4 is 11.1 Å². The van der Waals surface area contributed by atoms with Gasteiger partial charge < -0.3 is 11.1 Å². The number of halogens is 2. The van der Waals surface area contributed by atoms with Crippen LogP contribution >= 0.6 is 11.6 Å². The number of benzene rings is 1. The second-order valence-corrected chi connectivity index (χ2v) is 4.25. The third kappa shape index (κ3) is 2.16. The van der Waals surface area contributed by atoms with Gasteiger partial charge in [0, 0.05) is 17.8 Å². The zero-order chi connectivity index (χ0) is 10.2. The zero-order valence-electron chi connectivity index (χ0n) is 7.69. The summed E-state index contributed by atoms with van der Waals surface area (Å²) in [6, 6.07) is 4.58. The van der Waals surface area contributed by atoms with E-state index in [4.69, 9.17) is 17.3 Å². The largest absolute Gasteiger partial charge is 0.383 e. The molecule has 4 heteroatoms. The molecule has 0 aromatic heterocycles. The van der Waals surface area contributed by atoms with Gasteiger partial charge in [0.05, 0.1) is 5.02 Å². The van der Waals surface area contributed by atoms with Crippen molar-refractivity contribution in [3.63, 3.8) is 0 Å². The Labute approximate surface area is 87.2 Å². The van der Waals surface area contributed by atoms with Crippen LogP contribution in [-0.4, -0.2) is 12.1 Å². The van der Waals surface area contributed by atoms with Gasteiger partial charge in [-0.25, -0.2) is 4.39 Å². The Balaban J connectivity index is 1.99. The third-order valence-electron chi connectivity index (χ3n) is 2.46. The lowest BCUT2D eigenvalue weighted by atomic mass is 10.2. The van der Waals surface area contributed by atoms with Gasteiger partial charge in [0.1, 0.15) is 5.82 Å². The second-order valence-electron chi connectivity index (χ2n) is 3.84.